The van der Waals surface area contributed by atoms with Crippen LogP contribution in [0.2, 0.25) is 0 Å². The van der Waals surface area contributed by atoms with Gasteiger partial charge in [0.2, 0.25) is 5.91 Å². The van der Waals surface area contributed by atoms with Crippen LogP contribution < -0.4 is 10.6 Å². The third-order valence-corrected chi connectivity index (χ3v) is 4.37. The maximum Gasteiger partial charge on any atom is 0.226 e. The van der Waals surface area contributed by atoms with Gasteiger partial charge in [-0.3, -0.25) is 4.79 Å². The number of hydrogen-bond acceptors (Lipinski definition) is 2. The van der Waals surface area contributed by atoms with Crippen molar-refractivity contribution in [1.82, 2.24) is 0 Å². The van der Waals surface area contributed by atoms with Gasteiger partial charge in [0.15, 0.2) is 0 Å². The highest BCUT2D eigenvalue weighted by molar-refractivity contribution is 5.92. The minimum absolute atomic E-state index is 0.234. The number of anilines is 1. The fraction of sp³-hybridized carbons (Fsp3) is 0.588. The van der Waals surface area contributed by atoms with Crippen molar-refractivity contribution in [2.24, 2.45) is 11.7 Å². The summed E-state index contributed by atoms with van der Waals surface area (Å²) in [5.74, 6) is 0.813. The van der Waals surface area contributed by atoms with Gasteiger partial charge in [-0.25, -0.2) is 0 Å². The molecule has 1 aromatic carbocycles. The summed E-state index contributed by atoms with van der Waals surface area (Å²) >= 11 is 0. The Bertz CT molecular complexity index is 419. The third-order valence-electron chi connectivity index (χ3n) is 4.37. The molecule has 0 heterocycles. The molecule has 0 radical (unpaired) electrons. The van der Waals surface area contributed by atoms with Crippen LogP contribution in [0.5, 0.6) is 0 Å². The fourth-order valence-corrected chi connectivity index (χ4v) is 2.95. The van der Waals surface area contributed by atoms with E-state index < -0.39 is 0 Å². The lowest BCUT2D eigenvalue weighted by atomic mass is 9.96. The van der Waals surface area contributed by atoms with E-state index in [9.17, 15) is 4.79 Å². The van der Waals surface area contributed by atoms with Crippen LogP contribution in [0.25, 0.3) is 0 Å². The molecule has 3 heteroatoms. The first kappa shape index (κ1) is 15.0. The molecule has 0 aromatic heterocycles. The normalized spacial score (nSPS) is 16.7. The van der Waals surface area contributed by atoms with E-state index in [0.29, 0.717) is 18.9 Å². The number of carbonyl (C=O) groups excluding carboxylic acids is 1. The van der Waals surface area contributed by atoms with E-state index in [4.69, 9.17) is 5.73 Å². The van der Waals surface area contributed by atoms with Crippen LogP contribution >= 0.6 is 0 Å². The number of carbonyl (C=O) groups is 1. The van der Waals surface area contributed by atoms with Crippen LogP contribution in [0.3, 0.4) is 0 Å². The van der Waals surface area contributed by atoms with Crippen molar-refractivity contribution in [3.05, 3.63) is 29.8 Å². The molecule has 1 aromatic rings. The van der Waals surface area contributed by atoms with Gasteiger partial charge in [-0.2, -0.15) is 0 Å². The van der Waals surface area contributed by atoms with Gasteiger partial charge in [-0.1, -0.05) is 37.8 Å². The monoisotopic (exact) mass is 274 g/mol. The fourth-order valence-electron chi connectivity index (χ4n) is 2.95. The van der Waals surface area contributed by atoms with Crippen LogP contribution in [0, 0.1) is 5.92 Å². The topological polar surface area (TPSA) is 46.3 Å². The molecule has 0 bridgehead atoms. The molecule has 0 atom stereocenters. The molecule has 2 N–H and O–H groups in total. The van der Waals surface area contributed by atoms with Crippen LogP contribution in [0.1, 0.15) is 50.5 Å². The predicted octanol–water partition coefficient (Wildman–Crippen LogP) is 3.47. The van der Waals surface area contributed by atoms with E-state index in [1.165, 1.54) is 38.5 Å². The standard InChI is InChI=1S/C17H26N2O/c1-19(16-10-8-15(13-18)9-11-16)17(20)12-14-6-4-2-3-5-7-14/h8-11,14H,2-7,12-13,18H2,1H3. The smallest absolute Gasteiger partial charge is 0.226 e. The lowest BCUT2D eigenvalue weighted by molar-refractivity contribution is -0.119. The Kier molecular flexibility index (Phi) is 5.60. The summed E-state index contributed by atoms with van der Waals surface area (Å²) in [6.45, 7) is 0.542. The van der Waals surface area contributed by atoms with Crippen molar-refractivity contribution in [2.45, 2.75) is 51.5 Å². The SMILES string of the molecule is CN(C(=O)CC1CCCCCC1)c1ccc(CN)cc1. The molecule has 1 aliphatic carbocycles. The van der Waals surface area contributed by atoms with Gasteiger partial charge in [0.1, 0.15) is 0 Å². The zero-order valence-electron chi connectivity index (χ0n) is 12.5. The summed E-state index contributed by atoms with van der Waals surface area (Å²) in [5.41, 5.74) is 7.65. The Hall–Kier alpha value is -1.35. The molecule has 0 aliphatic heterocycles. The maximum atomic E-state index is 12.4. The van der Waals surface area contributed by atoms with E-state index in [1.807, 2.05) is 31.3 Å². The molecule has 1 aliphatic rings. The first-order valence-corrected chi connectivity index (χ1v) is 7.76. The average Bonchev–Trinajstić information content (AvgIpc) is 2.75. The van der Waals surface area contributed by atoms with Gasteiger partial charge in [-0.15, -0.1) is 0 Å². The molecule has 20 heavy (non-hydrogen) atoms. The summed E-state index contributed by atoms with van der Waals surface area (Å²) in [5, 5.41) is 0. The molecule has 1 fully saturated rings. The third kappa shape index (κ3) is 4.07. The van der Waals surface area contributed by atoms with Crippen LogP contribution in [-0.4, -0.2) is 13.0 Å². The van der Waals surface area contributed by atoms with E-state index in [-0.39, 0.29) is 5.91 Å². The maximum absolute atomic E-state index is 12.4. The molecule has 2 rings (SSSR count). The zero-order valence-corrected chi connectivity index (χ0v) is 12.5. The highest BCUT2D eigenvalue weighted by atomic mass is 16.2. The Morgan fingerprint density at radius 3 is 2.30 bits per heavy atom. The van der Waals surface area contributed by atoms with Crippen molar-refractivity contribution in [3.8, 4) is 0 Å². The first-order valence-electron chi connectivity index (χ1n) is 7.76. The van der Waals surface area contributed by atoms with E-state index in [2.05, 4.69) is 0 Å². The first-order chi connectivity index (χ1) is 9.70. The number of rotatable bonds is 4. The second-order valence-corrected chi connectivity index (χ2v) is 5.89. The second kappa shape index (κ2) is 7.44. The molecule has 1 amide bonds. The van der Waals surface area contributed by atoms with Gasteiger partial charge < -0.3 is 10.6 Å². The Morgan fingerprint density at radius 2 is 1.75 bits per heavy atom. The van der Waals surface area contributed by atoms with Gasteiger partial charge in [0, 0.05) is 25.7 Å². The van der Waals surface area contributed by atoms with E-state index >= 15 is 0 Å². The highest BCUT2D eigenvalue weighted by Gasteiger charge is 2.19. The molecular weight excluding hydrogens is 248 g/mol. The molecule has 3 nitrogen and oxygen atoms in total. The zero-order chi connectivity index (χ0) is 14.4. The quantitative estimate of drug-likeness (QED) is 0.855. The Balaban J connectivity index is 1.92. The van der Waals surface area contributed by atoms with Crippen molar-refractivity contribution in [3.63, 3.8) is 0 Å². The number of benzene rings is 1. The van der Waals surface area contributed by atoms with Gasteiger partial charge in [-0.05, 0) is 36.5 Å². The van der Waals surface area contributed by atoms with Crippen LogP contribution in [-0.2, 0) is 11.3 Å². The minimum Gasteiger partial charge on any atom is -0.326 e. The van der Waals surface area contributed by atoms with Crippen molar-refractivity contribution in [2.75, 3.05) is 11.9 Å². The lowest BCUT2D eigenvalue weighted by Crippen LogP contribution is -2.28. The van der Waals surface area contributed by atoms with Crippen molar-refractivity contribution >= 4 is 11.6 Å². The molecule has 110 valence electrons. The van der Waals surface area contributed by atoms with E-state index in [0.717, 1.165) is 11.3 Å². The van der Waals surface area contributed by atoms with Crippen molar-refractivity contribution in [1.29, 1.82) is 0 Å². The average molecular weight is 274 g/mol. The molecule has 0 unspecified atom stereocenters. The summed E-state index contributed by atoms with van der Waals surface area (Å²) in [6.07, 6.45) is 8.36. The molecule has 1 saturated carbocycles. The van der Waals surface area contributed by atoms with Crippen molar-refractivity contribution < 1.29 is 4.79 Å². The van der Waals surface area contributed by atoms with Crippen LogP contribution in [0.4, 0.5) is 5.69 Å². The summed E-state index contributed by atoms with van der Waals surface area (Å²) < 4.78 is 0. The largest absolute Gasteiger partial charge is 0.326 e. The number of hydrogen-bond donors (Lipinski definition) is 1. The minimum atomic E-state index is 0.234. The summed E-state index contributed by atoms with van der Waals surface area (Å²) in [4.78, 5) is 14.2. The molecule has 0 saturated heterocycles. The van der Waals surface area contributed by atoms with Crippen LogP contribution in [0.15, 0.2) is 24.3 Å². The lowest BCUT2D eigenvalue weighted by Gasteiger charge is -2.21. The van der Waals surface area contributed by atoms with Gasteiger partial charge in [0.05, 0.1) is 0 Å². The Labute approximate surface area is 122 Å². The second-order valence-electron chi connectivity index (χ2n) is 5.89. The highest BCUT2D eigenvalue weighted by Crippen LogP contribution is 2.26. The van der Waals surface area contributed by atoms with E-state index in [1.54, 1.807) is 4.90 Å². The number of amides is 1. The summed E-state index contributed by atoms with van der Waals surface area (Å²) in [6, 6.07) is 7.94. The van der Waals surface area contributed by atoms with Gasteiger partial charge >= 0.3 is 0 Å². The summed E-state index contributed by atoms with van der Waals surface area (Å²) in [7, 11) is 1.87. The number of nitrogens with zero attached hydrogens (tertiary/aromatic N) is 1. The Morgan fingerprint density at radius 1 is 1.15 bits per heavy atom. The molecular formula is C17H26N2O. The molecule has 0 spiro atoms. The predicted molar refractivity (Wildman–Crippen MR) is 83.6 cm³/mol. The van der Waals surface area contributed by atoms with Gasteiger partial charge in [0.25, 0.3) is 0 Å². The number of nitrogens with two attached hydrogens (primary N) is 1.